The lowest BCUT2D eigenvalue weighted by molar-refractivity contribution is 0.0824. The van der Waals surface area contributed by atoms with Gasteiger partial charge in [-0.3, -0.25) is 4.79 Å². The summed E-state index contributed by atoms with van der Waals surface area (Å²) in [5, 5.41) is 10.7. The Hall–Kier alpha value is -2.00. The summed E-state index contributed by atoms with van der Waals surface area (Å²) in [6.45, 7) is 0. The number of benzene rings is 2. The van der Waals surface area contributed by atoms with Gasteiger partial charge in [0, 0.05) is 24.7 Å². The average molecular weight is 276 g/mol. The zero-order valence-electron chi connectivity index (χ0n) is 10.7. The van der Waals surface area contributed by atoms with E-state index in [1.165, 1.54) is 11.0 Å². The molecule has 0 aliphatic rings. The van der Waals surface area contributed by atoms with Crippen molar-refractivity contribution in [2.45, 2.75) is 0 Å². The van der Waals surface area contributed by atoms with Gasteiger partial charge < -0.3 is 10.0 Å². The molecule has 0 bridgehead atoms. The van der Waals surface area contributed by atoms with Gasteiger partial charge in [0.1, 0.15) is 5.75 Å². The Morgan fingerprint density at radius 1 is 1.16 bits per heavy atom. The normalized spacial score (nSPS) is 10.3. The van der Waals surface area contributed by atoms with Crippen LogP contribution in [0.5, 0.6) is 5.75 Å². The molecule has 1 amide bonds. The second-order valence-electron chi connectivity index (χ2n) is 4.42. The third-order valence-corrected chi connectivity index (χ3v) is 3.01. The molecule has 2 rings (SSSR count). The highest BCUT2D eigenvalue weighted by Crippen LogP contribution is 2.35. The van der Waals surface area contributed by atoms with E-state index in [0.29, 0.717) is 10.6 Å². The SMILES string of the molecule is CN(C)C(=O)c1cc(Cl)cc(-c2ccccc2)c1O. The average Bonchev–Trinajstić information content (AvgIpc) is 2.41. The molecule has 0 radical (unpaired) electrons. The summed E-state index contributed by atoms with van der Waals surface area (Å²) in [6, 6.07) is 12.5. The van der Waals surface area contributed by atoms with Crippen molar-refractivity contribution in [1.82, 2.24) is 4.90 Å². The number of carbonyl (C=O) groups is 1. The minimum Gasteiger partial charge on any atom is -0.506 e. The Morgan fingerprint density at radius 2 is 1.79 bits per heavy atom. The summed E-state index contributed by atoms with van der Waals surface area (Å²) in [5.41, 5.74) is 1.57. The molecule has 19 heavy (non-hydrogen) atoms. The van der Waals surface area contributed by atoms with Gasteiger partial charge in [0.2, 0.25) is 0 Å². The fourth-order valence-electron chi connectivity index (χ4n) is 1.84. The Balaban J connectivity index is 2.61. The lowest BCUT2D eigenvalue weighted by atomic mass is 10.0. The van der Waals surface area contributed by atoms with E-state index >= 15 is 0 Å². The molecule has 0 aliphatic heterocycles. The van der Waals surface area contributed by atoms with Crippen molar-refractivity contribution < 1.29 is 9.90 Å². The van der Waals surface area contributed by atoms with Gasteiger partial charge in [-0.1, -0.05) is 41.9 Å². The van der Waals surface area contributed by atoms with Crippen LogP contribution in [0.15, 0.2) is 42.5 Å². The van der Waals surface area contributed by atoms with Gasteiger partial charge in [-0.2, -0.15) is 0 Å². The van der Waals surface area contributed by atoms with Gasteiger partial charge in [0.15, 0.2) is 0 Å². The molecule has 0 atom stereocenters. The number of aromatic hydroxyl groups is 1. The smallest absolute Gasteiger partial charge is 0.257 e. The molecule has 0 saturated heterocycles. The van der Waals surface area contributed by atoms with E-state index in [1.807, 2.05) is 30.3 Å². The van der Waals surface area contributed by atoms with Gasteiger partial charge in [-0.25, -0.2) is 0 Å². The minimum absolute atomic E-state index is 0.0469. The number of halogens is 1. The van der Waals surface area contributed by atoms with Gasteiger partial charge in [-0.15, -0.1) is 0 Å². The van der Waals surface area contributed by atoms with Crippen LogP contribution in [-0.4, -0.2) is 30.0 Å². The van der Waals surface area contributed by atoms with Crippen LogP contribution in [0.2, 0.25) is 5.02 Å². The lowest BCUT2D eigenvalue weighted by Gasteiger charge is -2.14. The highest BCUT2D eigenvalue weighted by Gasteiger charge is 2.18. The van der Waals surface area contributed by atoms with Crippen LogP contribution >= 0.6 is 11.6 Å². The summed E-state index contributed by atoms with van der Waals surface area (Å²) in [6.07, 6.45) is 0. The zero-order valence-corrected chi connectivity index (χ0v) is 11.5. The van der Waals surface area contributed by atoms with Gasteiger partial charge in [0.25, 0.3) is 5.91 Å². The molecule has 0 fully saturated rings. The second kappa shape index (κ2) is 5.33. The molecule has 2 aromatic carbocycles. The Kier molecular flexibility index (Phi) is 3.76. The van der Waals surface area contributed by atoms with Gasteiger partial charge >= 0.3 is 0 Å². The predicted octanol–water partition coefficient (Wildman–Crippen LogP) is 3.41. The summed E-state index contributed by atoms with van der Waals surface area (Å²) in [7, 11) is 3.26. The zero-order chi connectivity index (χ0) is 14.0. The van der Waals surface area contributed by atoms with Gasteiger partial charge in [0.05, 0.1) is 5.56 Å². The maximum Gasteiger partial charge on any atom is 0.257 e. The molecule has 4 heteroatoms. The largest absolute Gasteiger partial charge is 0.506 e. The summed E-state index contributed by atoms with van der Waals surface area (Å²) < 4.78 is 0. The summed E-state index contributed by atoms with van der Waals surface area (Å²) >= 11 is 6.04. The van der Waals surface area contributed by atoms with Crippen molar-refractivity contribution in [3.63, 3.8) is 0 Å². The first-order chi connectivity index (χ1) is 9.00. The highest BCUT2D eigenvalue weighted by atomic mass is 35.5. The van der Waals surface area contributed by atoms with E-state index in [2.05, 4.69) is 0 Å². The van der Waals surface area contributed by atoms with Crippen LogP contribution < -0.4 is 0 Å². The van der Waals surface area contributed by atoms with Crippen LogP contribution in [0.4, 0.5) is 0 Å². The fourth-order valence-corrected chi connectivity index (χ4v) is 2.06. The predicted molar refractivity (Wildman–Crippen MR) is 76.6 cm³/mol. The van der Waals surface area contributed by atoms with Crippen molar-refractivity contribution in [3.8, 4) is 16.9 Å². The molecule has 0 unspecified atom stereocenters. The maximum absolute atomic E-state index is 12.0. The Morgan fingerprint density at radius 3 is 2.37 bits per heavy atom. The fraction of sp³-hybridized carbons (Fsp3) is 0.133. The molecule has 0 aromatic heterocycles. The highest BCUT2D eigenvalue weighted by molar-refractivity contribution is 6.31. The number of nitrogens with zero attached hydrogens (tertiary/aromatic N) is 1. The number of phenolic OH excluding ortho intramolecular Hbond substituents is 1. The third kappa shape index (κ3) is 2.71. The first kappa shape index (κ1) is 13.4. The van der Waals surface area contributed by atoms with Crippen molar-refractivity contribution in [2.75, 3.05) is 14.1 Å². The first-order valence-corrected chi connectivity index (χ1v) is 6.18. The van der Waals surface area contributed by atoms with E-state index in [9.17, 15) is 9.90 Å². The maximum atomic E-state index is 12.0. The number of phenols is 1. The Bertz CT molecular complexity index is 609. The van der Waals surface area contributed by atoms with Crippen molar-refractivity contribution >= 4 is 17.5 Å². The van der Waals surface area contributed by atoms with E-state index < -0.39 is 0 Å². The molecule has 98 valence electrons. The summed E-state index contributed by atoms with van der Waals surface area (Å²) in [5.74, 6) is -0.327. The number of amides is 1. The third-order valence-electron chi connectivity index (χ3n) is 2.80. The van der Waals surface area contributed by atoms with Crippen LogP contribution in [0.3, 0.4) is 0 Å². The van der Waals surface area contributed by atoms with Crippen LogP contribution in [0.25, 0.3) is 11.1 Å². The molecule has 3 nitrogen and oxygen atoms in total. The number of carbonyl (C=O) groups excluding carboxylic acids is 1. The van der Waals surface area contributed by atoms with E-state index in [-0.39, 0.29) is 17.2 Å². The van der Waals surface area contributed by atoms with E-state index in [4.69, 9.17) is 11.6 Å². The first-order valence-electron chi connectivity index (χ1n) is 5.80. The van der Waals surface area contributed by atoms with Crippen molar-refractivity contribution in [3.05, 3.63) is 53.1 Å². The topological polar surface area (TPSA) is 40.5 Å². The molecule has 2 aromatic rings. The molecular weight excluding hydrogens is 262 g/mol. The molecule has 0 heterocycles. The lowest BCUT2D eigenvalue weighted by Crippen LogP contribution is -2.21. The monoisotopic (exact) mass is 275 g/mol. The molecular formula is C15H14ClNO2. The van der Waals surface area contributed by atoms with Gasteiger partial charge in [-0.05, 0) is 17.7 Å². The number of hydrogen-bond acceptors (Lipinski definition) is 2. The second-order valence-corrected chi connectivity index (χ2v) is 4.85. The quantitative estimate of drug-likeness (QED) is 0.912. The molecule has 0 saturated carbocycles. The Labute approximate surface area is 117 Å². The standard InChI is InChI=1S/C15H14ClNO2/c1-17(2)15(19)13-9-11(16)8-12(14(13)18)10-6-4-3-5-7-10/h3-9,18H,1-2H3. The summed E-state index contributed by atoms with van der Waals surface area (Å²) in [4.78, 5) is 13.4. The number of rotatable bonds is 2. The van der Waals surface area contributed by atoms with Crippen LogP contribution in [0.1, 0.15) is 10.4 Å². The van der Waals surface area contributed by atoms with Crippen LogP contribution in [-0.2, 0) is 0 Å². The van der Waals surface area contributed by atoms with Crippen molar-refractivity contribution in [1.29, 1.82) is 0 Å². The molecule has 1 N–H and O–H groups in total. The minimum atomic E-state index is -0.280. The van der Waals surface area contributed by atoms with E-state index in [1.54, 1.807) is 20.2 Å². The van der Waals surface area contributed by atoms with E-state index in [0.717, 1.165) is 5.56 Å². The van der Waals surface area contributed by atoms with Crippen LogP contribution in [0, 0.1) is 0 Å². The number of hydrogen-bond donors (Lipinski definition) is 1. The molecule has 0 spiro atoms. The molecule has 0 aliphatic carbocycles. The van der Waals surface area contributed by atoms with Crippen molar-refractivity contribution in [2.24, 2.45) is 0 Å².